The third-order valence-corrected chi connectivity index (χ3v) is 2.52. The predicted octanol–water partition coefficient (Wildman–Crippen LogP) is 3.16. The van der Waals surface area contributed by atoms with Crippen molar-refractivity contribution < 1.29 is 4.74 Å². The maximum Gasteiger partial charge on any atom is 0.322 e. The summed E-state index contributed by atoms with van der Waals surface area (Å²) in [5.41, 5.74) is 0. The van der Waals surface area contributed by atoms with Gasteiger partial charge in [-0.3, -0.25) is 0 Å². The van der Waals surface area contributed by atoms with Crippen LogP contribution in [0.4, 0.5) is 5.95 Å². The monoisotopic (exact) mass is 272 g/mol. The standard InChI is InChI=1S/C12H21ClN4O/c1-4-18-12-16-10(13)15-11(17-12)14-8-6-5-7-9(2)3/h9H,4-8H2,1-3H3,(H,14,15,16,17). The second-order valence-electron chi connectivity index (χ2n) is 4.46. The van der Waals surface area contributed by atoms with Crippen molar-refractivity contribution in [3.05, 3.63) is 5.28 Å². The lowest BCUT2D eigenvalue weighted by Gasteiger charge is -2.07. The predicted molar refractivity (Wildman–Crippen MR) is 73.2 cm³/mol. The number of nitrogens with one attached hydrogen (secondary N) is 1. The molecule has 1 aromatic rings. The minimum absolute atomic E-state index is 0.151. The number of halogens is 1. The topological polar surface area (TPSA) is 59.9 Å². The molecule has 1 rings (SSSR count). The molecular formula is C12H21ClN4O. The molecule has 0 aliphatic heterocycles. The maximum atomic E-state index is 5.79. The van der Waals surface area contributed by atoms with Crippen LogP contribution >= 0.6 is 11.6 Å². The third kappa shape index (κ3) is 6.00. The number of aromatic nitrogens is 3. The van der Waals surface area contributed by atoms with Gasteiger partial charge in [0, 0.05) is 6.54 Å². The number of unbranched alkanes of at least 4 members (excludes halogenated alkanes) is 1. The fourth-order valence-electron chi connectivity index (χ4n) is 1.48. The molecule has 1 aromatic heterocycles. The molecule has 18 heavy (non-hydrogen) atoms. The fourth-order valence-corrected chi connectivity index (χ4v) is 1.63. The largest absolute Gasteiger partial charge is 0.464 e. The van der Waals surface area contributed by atoms with Gasteiger partial charge in [-0.1, -0.05) is 26.7 Å². The summed E-state index contributed by atoms with van der Waals surface area (Å²) < 4.78 is 5.20. The van der Waals surface area contributed by atoms with Gasteiger partial charge in [0.05, 0.1) is 6.61 Å². The van der Waals surface area contributed by atoms with E-state index in [0.29, 0.717) is 12.6 Å². The molecule has 102 valence electrons. The van der Waals surface area contributed by atoms with Gasteiger partial charge in [-0.15, -0.1) is 0 Å². The summed E-state index contributed by atoms with van der Waals surface area (Å²) in [4.78, 5) is 12.0. The number of nitrogens with zero attached hydrogens (tertiary/aromatic N) is 3. The van der Waals surface area contributed by atoms with E-state index in [1.54, 1.807) is 0 Å². The molecule has 5 nitrogen and oxygen atoms in total. The minimum atomic E-state index is 0.151. The zero-order chi connectivity index (χ0) is 13.4. The van der Waals surface area contributed by atoms with E-state index in [0.717, 1.165) is 18.9 Å². The number of ether oxygens (including phenoxy) is 1. The van der Waals surface area contributed by atoms with Gasteiger partial charge >= 0.3 is 6.01 Å². The normalized spacial score (nSPS) is 10.7. The molecule has 0 aromatic carbocycles. The number of rotatable bonds is 8. The zero-order valence-corrected chi connectivity index (χ0v) is 12.0. The van der Waals surface area contributed by atoms with Crippen molar-refractivity contribution in [3.8, 4) is 6.01 Å². The first-order valence-electron chi connectivity index (χ1n) is 6.40. The molecule has 1 N–H and O–H groups in total. The Morgan fingerprint density at radius 3 is 2.67 bits per heavy atom. The van der Waals surface area contributed by atoms with E-state index < -0.39 is 0 Å². The third-order valence-electron chi connectivity index (χ3n) is 2.35. The summed E-state index contributed by atoms with van der Waals surface area (Å²) in [5.74, 6) is 1.23. The molecule has 0 unspecified atom stereocenters. The van der Waals surface area contributed by atoms with Crippen LogP contribution in [0.1, 0.15) is 40.0 Å². The molecule has 0 radical (unpaired) electrons. The Morgan fingerprint density at radius 2 is 2.00 bits per heavy atom. The molecule has 0 saturated carbocycles. The molecule has 0 fully saturated rings. The highest BCUT2D eigenvalue weighted by molar-refractivity contribution is 6.28. The molecule has 0 spiro atoms. The molecule has 0 aliphatic rings. The second kappa shape index (κ2) is 8.08. The van der Waals surface area contributed by atoms with Crippen molar-refractivity contribution in [3.63, 3.8) is 0 Å². The molecule has 0 saturated heterocycles. The van der Waals surface area contributed by atoms with Crippen molar-refractivity contribution in [2.24, 2.45) is 5.92 Å². The summed E-state index contributed by atoms with van der Waals surface area (Å²) in [6, 6.07) is 0.266. The molecule has 0 aliphatic carbocycles. The van der Waals surface area contributed by atoms with Crippen LogP contribution in [0.2, 0.25) is 5.28 Å². The maximum absolute atomic E-state index is 5.79. The summed E-state index contributed by atoms with van der Waals surface area (Å²) in [6.45, 7) is 7.67. The molecular weight excluding hydrogens is 252 g/mol. The van der Waals surface area contributed by atoms with Gasteiger partial charge in [0.2, 0.25) is 11.2 Å². The van der Waals surface area contributed by atoms with Gasteiger partial charge in [0.1, 0.15) is 0 Å². The molecule has 0 amide bonds. The quantitative estimate of drug-likeness (QED) is 0.737. The van der Waals surface area contributed by atoms with Gasteiger partial charge in [0.25, 0.3) is 0 Å². The zero-order valence-electron chi connectivity index (χ0n) is 11.2. The highest BCUT2D eigenvalue weighted by Crippen LogP contribution is 2.12. The van der Waals surface area contributed by atoms with Crippen LogP contribution in [0.25, 0.3) is 0 Å². The van der Waals surface area contributed by atoms with Crippen LogP contribution in [0.3, 0.4) is 0 Å². The van der Waals surface area contributed by atoms with E-state index in [1.807, 2.05) is 6.92 Å². The average molecular weight is 273 g/mol. The number of hydrogen-bond acceptors (Lipinski definition) is 5. The Kier molecular flexibility index (Phi) is 6.72. The lowest BCUT2D eigenvalue weighted by atomic mass is 10.1. The van der Waals surface area contributed by atoms with Crippen LogP contribution in [0.15, 0.2) is 0 Å². The molecule has 0 atom stereocenters. The van der Waals surface area contributed by atoms with E-state index in [-0.39, 0.29) is 11.3 Å². The van der Waals surface area contributed by atoms with Crippen LogP contribution < -0.4 is 10.1 Å². The van der Waals surface area contributed by atoms with Crippen molar-refractivity contribution >= 4 is 17.5 Å². The lowest BCUT2D eigenvalue weighted by Crippen LogP contribution is -2.08. The second-order valence-corrected chi connectivity index (χ2v) is 4.80. The van der Waals surface area contributed by atoms with E-state index in [9.17, 15) is 0 Å². The SMILES string of the molecule is CCOc1nc(Cl)nc(NCCCCC(C)C)n1. The first-order valence-corrected chi connectivity index (χ1v) is 6.77. The van der Waals surface area contributed by atoms with E-state index >= 15 is 0 Å². The van der Waals surface area contributed by atoms with E-state index in [1.165, 1.54) is 12.8 Å². The molecule has 1 heterocycles. The lowest BCUT2D eigenvalue weighted by molar-refractivity contribution is 0.312. The molecule has 6 heteroatoms. The summed E-state index contributed by atoms with van der Waals surface area (Å²) >= 11 is 5.79. The number of hydrogen-bond donors (Lipinski definition) is 1. The van der Waals surface area contributed by atoms with Crippen LogP contribution in [0.5, 0.6) is 6.01 Å². The molecule has 0 bridgehead atoms. The van der Waals surface area contributed by atoms with Crippen molar-refractivity contribution in [1.29, 1.82) is 0 Å². The Morgan fingerprint density at radius 1 is 1.22 bits per heavy atom. The summed E-state index contributed by atoms with van der Waals surface area (Å²) in [7, 11) is 0. The Balaban J connectivity index is 2.37. The Bertz CT molecular complexity index is 360. The van der Waals surface area contributed by atoms with Gasteiger partial charge in [-0.05, 0) is 30.9 Å². The Labute approximate surface area is 113 Å². The smallest absolute Gasteiger partial charge is 0.322 e. The van der Waals surface area contributed by atoms with Crippen LogP contribution in [-0.4, -0.2) is 28.1 Å². The van der Waals surface area contributed by atoms with Crippen molar-refractivity contribution in [2.45, 2.75) is 40.0 Å². The number of anilines is 1. The van der Waals surface area contributed by atoms with Gasteiger partial charge < -0.3 is 10.1 Å². The highest BCUT2D eigenvalue weighted by atomic mass is 35.5. The first kappa shape index (κ1) is 15.0. The highest BCUT2D eigenvalue weighted by Gasteiger charge is 2.04. The van der Waals surface area contributed by atoms with Gasteiger partial charge in [-0.25, -0.2) is 0 Å². The van der Waals surface area contributed by atoms with E-state index in [2.05, 4.69) is 34.1 Å². The average Bonchev–Trinajstić information content (AvgIpc) is 2.28. The van der Waals surface area contributed by atoms with E-state index in [4.69, 9.17) is 16.3 Å². The minimum Gasteiger partial charge on any atom is -0.464 e. The van der Waals surface area contributed by atoms with Crippen molar-refractivity contribution in [2.75, 3.05) is 18.5 Å². The van der Waals surface area contributed by atoms with Crippen LogP contribution in [-0.2, 0) is 0 Å². The van der Waals surface area contributed by atoms with Gasteiger partial charge in [-0.2, -0.15) is 15.0 Å². The van der Waals surface area contributed by atoms with Gasteiger partial charge in [0.15, 0.2) is 0 Å². The van der Waals surface area contributed by atoms with Crippen molar-refractivity contribution in [1.82, 2.24) is 15.0 Å². The van der Waals surface area contributed by atoms with Crippen LogP contribution in [0, 0.1) is 5.92 Å². The first-order chi connectivity index (χ1) is 8.61. The summed E-state index contributed by atoms with van der Waals surface area (Å²) in [5, 5.41) is 3.28. The Hall–Kier alpha value is -1.10. The summed E-state index contributed by atoms with van der Waals surface area (Å²) in [6.07, 6.45) is 3.52. The fraction of sp³-hybridized carbons (Fsp3) is 0.750.